The summed E-state index contributed by atoms with van der Waals surface area (Å²) in [6.07, 6.45) is -0.375. The summed E-state index contributed by atoms with van der Waals surface area (Å²) in [5, 5.41) is 9.51. The average molecular weight is 503 g/mol. The predicted molar refractivity (Wildman–Crippen MR) is 127 cm³/mol. The van der Waals surface area contributed by atoms with E-state index in [1.807, 2.05) is 42.9 Å². The highest BCUT2D eigenvalue weighted by Crippen LogP contribution is 2.34. The van der Waals surface area contributed by atoms with Gasteiger partial charge in [-0.3, -0.25) is 4.98 Å². The molecule has 0 amide bonds. The third-order valence-corrected chi connectivity index (χ3v) is 7.34. The minimum absolute atomic E-state index is 0.199. The molecule has 1 aliphatic rings. The van der Waals surface area contributed by atoms with E-state index >= 15 is 0 Å². The standard InChI is InChI=1S/C24H25F3N6OS/c1-15-4-5-17(14-28-15)21-30-31-23(32(21)2)35-13-3-10-33-11-8-16-6-7-19-20(18(16)9-12-33)29-22(34-19)24(25,26)27/h4-7,14H,3,8-13H2,1-2H3. The second kappa shape index (κ2) is 9.62. The zero-order valence-electron chi connectivity index (χ0n) is 19.5. The summed E-state index contributed by atoms with van der Waals surface area (Å²) >= 11 is 1.67. The first-order valence-electron chi connectivity index (χ1n) is 11.5. The van der Waals surface area contributed by atoms with Gasteiger partial charge in [0.2, 0.25) is 0 Å². The zero-order valence-corrected chi connectivity index (χ0v) is 20.3. The van der Waals surface area contributed by atoms with Crippen molar-refractivity contribution >= 4 is 22.9 Å². The number of nitrogens with zero attached hydrogens (tertiary/aromatic N) is 6. The number of pyridine rings is 1. The molecule has 0 bridgehead atoms. The first-order chi connectivity index (χ1) is 16.8. The number of hydrogen-bond acceptors (Lipinski definition) is 7. The highest BCUT2D eigenvalue weighted by Gasteiger charge is 2.38. The van der Waals surface area contributed by atoms with Crippen molar-refractivity contribution in [3.63, 3.8) is 0 Å². The van der Waals surface area contributed by atoms with Gasteiger partial charge in [0.1, 0.15) is 5.52 Å². The molecule has 5 rings (SSSR count). The third kappa shape index (κ3) is 5.06. The Bertz CT molecular complexity index is 1330. The van der Waals surface area contributed by atoms with Crippen LogP contribution in [0.2, 0.25) is 0 Å². The molecule has 0 fully saturated rings. The zero-order chi connectivity index (χ0) is 24.6. The Hall–Kier alpha value is -2.92. The lowest BCUT2D eigenvalue weighted by Crippen LogP contribution is -2.27. The van der Waals surface area contributed by atoms with Crippen molar-refractivity contribution in [1.29, 1.82) is 0 Å². The number of fused-ring (bicyclic) bond motifs is 3. The molecule has 0 radical (unpaired) electrons. The van der Waals surface area contributed by atoms with Crippen molar-refractivity contribution in [2.75, 3.05) is 25.4 Å². The molecule has 4 aromatic rings. The van der Waals surface area contributed by atoms with E-state index in [0.29, 0.717) is 11.9 Å². The summed E-state index contributed by atoms with van der Waals surface area (Å²) in [7, 11) is 1.96. The fourth-order valence-electron chi connectivity index (χ4n) is 4.35. The molecule has 0 saturated carbocycles. The Morgan fingerprint density at radius 2 is 1.91 bits per heavy atom. The van der Waals surface area contributed by atoms with Crippen LogP contribution in [0, 0.1) is 6.92 Å². The fourth-order valence-corrected chi connectivity index (χ4v) is 5.19. The molecular formula is C24H25F3N6OS. The number of benzene rings is 1. The molecule has 7 nitrogen and oxygen atoms in total. The van der Waals surface area contributed by atoms with Crippen LogP contribution in [0.4, 0.5) is 13.2 Å². The number of halogens is 3. The minimum atomic E-state index is -4.58. The lowest BCUT2D eigenvalue weighted by molar-refractivity contribution is -0.156. The molecule has 1 aromatic carbocycles. The van der Waals surface area contributed by atoms with E-state index in [0.717, 1.165) is 71.6 Å². The van der Waals surface area contributed by atoms with Crippen molar-refractivity contribution < 1.29 is 17.6 Å². The van der Waals surface area contributed by atoms with Gasteiger partial charge < -0.3 is 13.9 Å². The Balaban J connectivity index is 1.16. The van der Waals surface area contributed by atoms with Gasteiger partial charge in [-0.2, -0.15) is 13.2 Å². The summed E-state index contributed by atoms with van der Waals surface area (Å²) in [4.78, 5) is 10.5. The van der Waals surface area contributed by atoms with Crippen LogP contribution in [0.1, 0.15) is 29.1 Å². The van der Waals surface area contributed by atoms with Crippen molar-refractivity contribution in [3.05, 3.63) is 53.2 Å². The van der Waals surface area contributed by atoms with Crippen molar-refractivity contribution in [2.45, 2.75) is 37.5 Å². The summed E-state index contributed by atoms with van der Waals surface area (Å²) in [5.74, 6) is 0.507. The quantitative estimate of drug-likeness (QED) is 0.273. The SMILES string of the molecule is Cc1ccc(-c2nnc(SCCCN3CCc4ccc5oc(C(F)(F)F)nc5c4CC3)n2C)cn1. The Morgan fingerprint density at radius 3 is 2.69 bits per heavy atom. The molecule has 0 aliphatic carbocycles. The van der Waals surface area contributed by atoms with Crippen LogP contribution in [0.15, 0.2) is 40.0 Å². The van der Waals surface area contributed by atoms with Crippen LogP contribution >= 0.6 is 11.8 Å². The summed E-state index contributed by atoms with van der Waals surface area (Å²) in [6, 6.07) is 7.43. The molecule has 0 atom stereocenters. The lowest BCUT2D eigenvalue weighted by atomic mass is 10.0. The molecule has 4 heterocycles. The van der Waals surface area contributed by atoms with Crippen molar-refractivity contribution in [1.82, 2.24) is 29.6 Å². The molecule has 1 aliphatic heterocycles. The van der Waals surface area contributed by atoms with Crippen LogP contribution in [-0.2, 0) is 26.1 Å². The van der Waals surface area contributed by atoms with Crippen LogP contribution in [0.25, 0.3) is 22.5 Å². The monoisotopic (exact) mass is 502 g/mol. The summed E-state index contributed by atoms with van der Waals surface area (Å²) < 4.78 is 46.1. The Labute approximate surface area is 204 Å². The molecule has 0 N–H and O–H groups in total. The van der Waals surface area contributed by atoms with E-state index in [9.17, 15) is 13.2 Å². The Kier molecular flexibility index (Phi) is 6.54. The maximum atomic E-state index is 13.0. The molecular weight excluding hydrogens is 477 g/mol. The van der Waals surface area contributed by atoms with Gasteiger partial charge in [-0.15, -0.1) is 10.2 Å². The van der Waals surface area contributed by atoms with Gasteiger partial charge in [0.15, 0.2) is 16.6 Å². The van der Waals surface area contributed by atoms with Crippen molar-refractivity contribution in [2.24, 2.45) is 7.05 Å². The fraction of sp³-hybridized carbons (Fsp3) is 0.417. The molecule has 35 heavy (non-hydrogen) atoms. The first-order valence-corrected chi connectivity index (χ1v) is 12.4. The van der Waals surface area contributed by atoms with Gasteiger partial charge in [0, 0.05) is 43.3 Å². The molecule has 3 aromatic heterocycles. The molecule has 11 heteroatoms. The molecule has 0 unspecified atom stereocenters. The molecule has 0 spiro atoms. The number of aryl methyl sites for hydroxylation is 1. The normalized spacial score (nSPS) is 14.9. The third-order valence-electron chi connectivity index (χ3n) is 6.23. The molecule has 184 valence electrons. The smallest absolute Gasteiger partial charge is 0.433 e. The van der Waals surface area contributed by atoms with E-state index < -0.39 is 12.1 Å². The van der Waals surface area contributed by atoms with Crippen LogP contribution in [0.5, 0.6) is 0 Å². The topological polar surface area (TPSA) is 72.9 Å². The van der Waals surface area contributed by atoms with Gasteiger partial charge in [0.25, 0.3) is 0 Å². The lowest BCUT2D eigenvalue weighted by Gasteiger charge is -2.19. The second-order valence-corrected chi connectivity index (χ2v) is 9.73. The van der Waals surface area contributed by atoms with E-state index in [-0.39, 0.29) is 5.58 Å². The van der Waals surface area contributed by atoms with Crippen LogP contribution < -0.4 is 0 Å². The summed E-state index contributed by atoms with van der Waals surface area (Å²) in [5.41, 5.74) is 4.35. The van der Waals surface area contributed by atoms with Crippen molar-refractivity contribution in [3.8, 4) is 11.4 Å². The first kappa shape index (κ1) is 23.8. The highest BCUT2D eigenvalue weighted by atomic mass is 32.2. The number of rotatable bonds is 6. The van der Waals surface area contributed by atoms with E-state index in [2.05, 4.69) is 25.1 Å². The average Bonchev–Trinajstić information content (AvgIpc) is 3.36. The predicted octanol–water partition coefficient (Wildman–Crippen LogP) is 4.93. The van der Waals surface area contributed by atoms with Gasteiger partial charge in [-0.25, -0.2) is 4.98 Å². The van der Waals surface area contributed by atoms with Gasteiger partial charge in [-0.1, -0.05) is 17.8 Å². The van der Waals surface area contributed by atoms with Crippen LogP contribution in [-0.4, -0.2) is 55.0 Å². The molecule has 0 saturated heterocycles. The second-order valence-electron chi connectivity index (χ2n) is 8.66. The van der Waals surface area contributed by atoms with E-state index in [1.54, 1.807) is 17.8 Å². The maximum Gasteiger partial charge on any atom is 0.468 e. The highest BCUT2D eigenvalue weighted by molar-refractivity contribution is 7.99. The number of hydrogen-bond donors (Lipinski definition) is 0. The number of aromatic nitrogens is 5. The van der Waals surface area contributed by atoms with E-state index in [1.165, 1.54) is 0 Å². The summed E-state index contributed by atoms with van der Waals surface area (Å²) in [6.45, 7) is 4.49. The van der Waals surface area contributed by atoms with Crippen LogP contribution in [0.3, 0.4) is 0 Å². The number of thioether (sulfide) groups is 1. The maximum absolute atomic E-state index is 13.0. The van der Waals surface area contributed by atoms with E-state index in [4.69, 9.17) is 4.42 Å². The number of oxazole rings is 1. The minimum Gasteiger partial charge on any atom is -0.433 e. The number of alkyl halides is 3. The van der Waals surface area contributed by atoms with Gasteiger partial charge in [-0.05, 0) is 62.1 Å². The Morgan fingerprint density at radius 1 is 1.09 bits per heavy atom. The largest absolute Gasteiger partial charge is 0.468 e. The van der Waals surface area contributed by atoms with Gasteiger partial charge >= 0.3 is 12.1 Å². The van der Waals surface area contributed by atoms with Gasteiger partial charge in [0.05, 0.1) is 0 Å².